The quantitative estimate of drug-likeness (QED) is 0.750. The van der Waals surface area contributed by atoms with Gasteiger partial charge in [0.1, 0.15) is 12.4 Å². The molecule has 0 aliphatic carbocycles. The Balaban J connectivity index is 2.65. The topological polar surface area (TPSA) is 38.3 Å². The maximum atomic E-state index is 11.1. The average molecular weight is 205 g/mol. The van der Waals surface area contributed by atoms with Gasteiger partial charge in [-0.25, -0.2) is 0 Å². The molecule has 80 valence electrons. The lowest BCUT2D eigenvalue weighted by Gasteiger charge is -2.06. The molecule has 0 unspecified atom stereocenters. The molecule has 0 aliphatic rings. The van der Waals surface area contributed by atoms with E-state index in [1.54, 1.807) is 12.1 Å². The highest BCUT2D eigenvalue weighted by molar-refractivity contribution is 5.90. The van der Waals surface area contributed by atoms with Crippen molar-refractivity contribution in [3.63, 3.8) is 0 Å². The molecule has 0 saturated carbocycles. The standard InChI is InChI=1S/C12H15NO2/c1-3-8-15-11-7-5-6-10(9-11)13-12(14)4-2/h3,5-7,9H,1,4,8H2,2H3,(H,13,14). The van der Waals surface area contributed by atoms with Gasteiger partial charge in [0.2, 0.25) is 5.91 Å². The van der Waals surface area contributed by atoms with E-state index >= 15 is 0 Å². The van der Waals surface area contributed by atoms with Gasteiger partial charge < -0.3 is 10.1 Å². The van der Waals surface area contributed by atoms with Crippen molar-refractivity contribution in [3.05, 3.63) is 36.9 Å². The SMILES string of the molecule is C=CCOc1cccc(NC(=O)CC)c1. The molecule has 0 heterocycles. The smallest absolute Gasteiger partial charge is 0.224 e. The van der Waals surface area contributed by atoms with Crippen LogP contribution in [0.4, 0.5) is 5.69 Å². The van der Waals surface area contributed by atoms with Crippen molar-refractivity contribution in [1.29, 1.82) is 0 Å². The Morgan fingerprint density at radius 1 is 1.60 bits per heavy atom. The summed E-state index contributed by atoms with van der Waals surface area (Å²) in [5.41, 5.74) is 0.753. The van der Waals surface area contributed by atoms with E-state index < -0.39 is 0 Å². The minimum absolute atomic E-state index is 0.00382. The first-order valence-corrected chi connectivity index (χ1v) is 4.90. The van der Waals surface area contributed by atoms with Crippen molar-refractivity contribution in [2.75, 3.05) is 11.9 Å². The summed E-state index contributed by atoms with van der Waals surface area (Å²) in [4.78, 5) is 11.1. The largest absolute Gasteiger partial charge is 0.489 e. The van der Waals surface area contributed by atoms with Crippen molar-refractivity contribution in [2.45, 2.75) is 13.3 Å². The van der Waals surface area contributed by atoms with Crippen LogP contribution in [0.25, 0.3) is 0 Å². The number of rotatable bonds is 5. The highest BCUT2D eigenvalue weighted by Crippen LogP contribution is 2.17. The Bertz CT molecular complexity index is 347. The monoisotopic (exact) mass is 205 g/mol. The third-order valence-corrected chi connectivity index (χ3v) is 1.81. The van der Waals surface area contributed by atoms with Gasteiger partial charge in [0.15, 0.2) is 0 Å². The molecular weight excluding hydrogens is 190 g/mol. The minimum atomic E-state index is -0.00382. The van der Waals surface area contributed by atoms with Gasteiger partial charge in [-0.05, 0) is 12.1 Å². The third kappa shape index (κ3) is 3.85. The van der Waals surface area contributed by atoms with E-state index in [0.29, 0.717) is 13.0 Å². The maximum Gasteiger partial charge on any atom is 0.224 e. The van der Waals surface area contributed by atoms with Crippen LogP contribution in [0.15, 0.2) is 36.9 Å². The van der Waals surface area contributed by atoms with E-state index in [0.717, 1.165) is 11.4 Å². The molecule has 1 N–H and O–H groups in total. The molecule has 0 atom stereocenters. The second-order valence-electron chi connectivity index (χ2n) is 3.03. The van der Waals surface area contributed by atoms with Crippen molar-refractivity contribution in [1.82, 2.24) is 0 Å². The van der Waals surface area contributed by atoms with Gasteiger partial charge in [-0.3, -0.25) is 4.79 Å². The zero-order valence-electron chi connectivity index (χ0n) is 8.82. The normalized spacial score (nSPS) is 9.40. The summed E-state index contributed by atoms with van der Waals surface area (Å²) in [6.07, 6.45) is 2.15. The van der Waals surface area contributed by atoms with Gasteiger partial charge in [-0.1, -0.05) is 25.6 Å². The first kappa shape index (κ1) is 11.3. The summed E-state index contributed by atoms with van der Waals surface area (Å²) in [6, 6.07) is 7.29. The molecule has 1 amide bonds. The van der Waals surface area contributed by atoms with Crippen LogP contribution in [0.5, 0.6) is 5.75 Å². The number of benzene rings is 1. The molecule has 0 radical (unpaired) electrons. The molecule has 0 spiro atoms. The molecule has 0 aromatic heterocycles. The molecule has 15 heavy (non-hydrogen) atoms. The molecule has 0 aliphatic heterocycles. The fraction of sp³-hybridized carbons (Fsp3) is 0.250. The van der Waals surface area contributed by atoms with Crippen molar-refractivity contribution < 1.29 is 9.53 Å². The van der Waals surface area contributed by atoms with Gasteiger partial charge in [-0.2, -0.15) is 0 Å². The molecular formula is C12H15NO2. The zero-order valence-corrected chi connectivity index (χ0v) is 8.82. The first-order chi connectivity index (χ1) is 7.26. The number of amides is 1. The van der Waals surface area contributed by atoms with Crippen LogP contribution in [0.1, 0.15) is 13.3 Å². The lowest BCUT2D eigenvalue weighted by Crippen LogP contribution is -2.09. The second-order valence-corrected chi connectivity index (χ2v) is 3.03. The summed E-state index contributed by atoms with van der Waals surface area (Å²) >= 11 is 0. The molecule has 1 aromatic carbocycles. The molecule has 0 fully saturated rings. The predicted octanol–water partition coefficient (Wildman–Crippen LogP) is 2.60. The van der Waals surface area contributed by atoms with Crippen molar-refractivity contribution in [3.8, 4) is 5.75 Å². The molecule has 1 rings (SSSR count). The number of nitrogens with one attached hydrogen (secondary N) is 1. The van der Waals surface area contributed by atoms with Gasteiger partial charge in [0.05, 0.1) is 0 Å². The Labute approximate surface area is 89.8 Å². The zero-order chi connectivity index (χ0) is 11.1. The van der Waals surface area contributed by atoms with Gasteiger partial charge >= 0.3 is 0 Å². The van der Waals surface area contributed by atoms with Crippen LogP contribution >= 0.6 is 0 Å². The highest BCUT2D eigenvalue weighted by atomic mass is 16.5. The van der Waals surface area contributed by atoms with Crippen molar-refractivity contribution >= 4 is 11.6 Å². The highest BCUT2D eigenvalue weighted by Gasteiger charge is 1.99. The van der Waals surface area contributed by atoms with Crippen LogP contribution in [-0.2, 0) is 4.79 Å². The van der Waals surface area contributed by atoms with E-state index in [2.05, 4.69) is 11.9 Å². The van der Waals surface area contributed by atoms with Crippen LogP contribution in [0, 0.1) is 0 Å². The molecule has 3 nitrogen and oxygen atoms in total. The van der Waals surface area contributed by atoms with Crippen molar-refractivity contribution in [2.24, 2.45) is 0 Å². The van der Waals surface area contributed by atoms with E-state index in [9.17, 15) is 4.79 Å². The summed E-state index contributed by atoms with van der Waals surface area (Å²) in [5, 5.41) is 2.76. The molecule has 1 aromatic rings. The number of ether oxygens (including phenoxy) is 1. The second kappa shape index (κ2) is 5.86. The average Bonchev–Trinajstić information content (AvgIpc) is 2.26. The van der Waals surface area contributed by atoms with E-state index in [4.69, 9.17) is 4.74 Å². The number of hydrogen-bond acceptors (Lipinski definition) is 2. The minimum Gasteiger partial charge on any atom is -0.489 e. The van der Waals surface area contributed by atoms with Crippen LogP contribution in [-0.4, -0.2) is 12.5 Å². The Morgan fingerprint density at radius 2 is 2.40 bits per heavy atom. The third-order valence-electron chi connectivity index (χ3n) is 1.81. The fourth-order valence-electron chi connectivity index (χ4n) is 1.07. The first-order valence-electron chi connectivity index (χ1n) is 4.90. The summed E-state index contributed by atoms with van der Waals surface area (Å²) in [5.74, 6) is 0.722. The van der Waals surface area contributed by atoms with E-state index in [1.807, 2.05) is 25.1 Å². The Hall–Kier alpha value is -1.77. The van der Waals surface area contributed by atoms with Gasteiger partial charge in [-0.15, -0.1) is 0 Å². The van der Waals surface area contributed by atoms with Crippen LogP contribution < -0.4 is 10.1 Å². The van der Waals surface area contributed by atoms with Crippen LogP contribution in [0.2, 0.25) is 0 Å². The van der Waals surface area contributed by atoms with Gasteiger partial charge in [0, 0.05) is 18.2 Å². The predicted molar refractivity (Wildman–Crippen MR) is 61.1 cm³/mol. The van der Waals surface area contributed by atoms with E-state index in [1.165, 1.54) is 0 Å². The molecule has 0 saturated heterocycles. The number of carbonyl (C=O) groups excluding carboxylic acids is 1. The number of hydrogen-bond donors (Lipinski definition) is 1. The Kier molecular flexibility index (Phi) is 4.41. The lowest BCUT2D eigenvalue weighted by molar-refractivity contribution is -0.115. The molecule has 0 bridgehead atoms. The Morgan fingerprint density at radius 3 is 3.07 bits per heavy atom. The van der Waals surface area contributed by atoms with E-state index in [-0.39, 0.29) is 5.91 Å². The van der Waals surface area contributed by atoms with Crippen LogP contribution in [0.3, 0.4) is 0 Å². The maximum absolute atomic E-state index is 11.1. The summed E-state index contributed by atoms with van der Waals surface area (Å²) in [6.45, 7) is 5.84. The number of carbonyl (C=O) groups is 1. The number of anilines is 1. The lowest BCUT2D eigenvalue weighted by atomic mass is 10.3. The fourth-order valence-corrected chi connectivity index (χ4v) is 1.07. The molecule has 3 heteroatoms. The summed E-state index contributed by atoms with van der Waals surface area (Å²) < 4.78 is 5.34. The summed E-state index contributed by atoms with van der Waals surface area (Å²) in [7, 11) is 0. The van der Waals surface area contributed by atoms with Gasteiger partial charge in [0.25, 0.3) is 0 Å².